The van der Waals surface area contributed by atoms with E-state index in [1.807, 2.05) is 51.6 Å². The number of nitrogens with zero attached hydrogens (tertiary/aromatic N) is 6. The lowest BCUT2D eigenvalue weighted by atomic mass is 10.2. The highest BCUT2D eigenvalue weighted by molar-refractivity contribution is 6.00. The zero-order valence-corrected chi connectivity index (χ0v) is 23.3. The highest BCUT2D eigenvalue weighted by Crippen LogP contribution is 2.33. The number of anilines is 4. The summed E-state index contributed by atoms with van der Waals surface area (Å²) in [7, 11) is 5.55. The molecule has 2 bridgehead atoms. The predicted octanol–water partition coefficient (Wildman–Crippen LogP) is 3.54. The van der Waals surface area contributed by atoms with Gasteiger partial charge >= 0.3 is 6.03 Å². The van der Waals surface area contributed by atoms with Gasteiger partial charge in [-0.15, -0.1) is 0 Å². The van der Waals surface area contributed by atoms with Gasteiger partial charge in [0.05, 0.1) is 30.3 Å². The summed E-state index contributed by atoms with van der Waals surface area (Å²) >= 11 is 0. The molecule has 4 aromatic rings. The topological polar surface area (TPSA) is 130 Å². The van der Waals surface area contributed by atoms with Gasteiger partial charge in [-0.25, -0.2) is 14.8 Å². The van der Waals surface area contributed by atoms with Crippen molar-refractivity contribution in [2.24, 2.45) is 7.05 Å². The van der Waals surface area contributed by atoms with Crippen molar-refractivity contribution in [3.05, 3.63) is 54.7 Å². The molecule has 6 rings (SSSR count). The first-order chi connectivity index (χ1) is 19.8. The summed E-state index contributed by atoms with van der Waals surface area (Å²) < 4.78 is 7.80. The molecule has 2 fully saturated rings. The molecule has 4 heterocycles. The number of hydrogen-bond donors (Lipinski definition) is 3. The van der Waals surface area contributed by atoms with E-state index in [2.05, 4.69) is 25.9 Å². The minimum Gasteiger partial charge on any atom is -0.371 e. The molecule has 2 atom stereocenters. The summed E-state index contributed by atoms with van der Waals surface area (Å²) in [6.07, 6.45) is 4.46. The number of carbonyl (C=O) groups excluding carboxylic acids is 2. The number of aryl methyl sites for hydroxylation is 1. The van der Waals surface area contributed by atoms with Gasteiger partial charge in [-0.2, -0.15) is 5.10 Å². The van der Waals surface area contributed by atoms with Crippen LogP contribution in [0, 0.1) is 0 Å². The number of hydrogen-bond acceptors (Lipinski definition) is 8. The van der Waals surface area contributed by atoms with Crippen LogP contribution in [0.15, 0.2) is 54.7 Å². The van der Waals surface area contributed by atoms with Gasteiger partial charge in [0.15, 0.2) is 11.5 Å². The molecule has 2 saturated heterocycles. The van der Waals surface area contributed by atoms with Gasteiger partial charge in [0.2, 0.25) is 5.91 Å². The number of nitrogens with one attached hydrogen (secondary N) is 3. The van der Waals surface area contributed by atoms with Crippen molar-refractivity contribution in [3.63, 3.8) is 0 Å². The third-order valence-electron chi connectivity index (χ3n) is 7.20. The van der Waals surface area contributed by atoms with Crippen molar-refractivity contribution >= 4 is 45.9 Å². The summed E-state index contributed by atoms with van der Waals surface area (Å²) in [5, 5.41) is 13.8. The summed E-state index contributed by atoms with van der Waals surface area (Å²) in [4.78, 5) is 38.4. The summed E-state index contributed by atoms with van der Waals surface area (Å²) in [6.45, 7) is 1.91. The Morgan fingerprint density at radius 3 is 2.10 bits per heavy atom. The van der Waals surface area contributed by atoms with Crippen LogP contribution in [0.3, 0.4) is 0 Å². The Labute approximate surface area is 237 Å². The first-order valence-electron chi connectivity index (χ1n) is 13.6. The maximum absolute atomic E-state index is 12.6. The maximum Gasteiger partial charge on any atom is 0.323 e. The highest BCUT2D eigenvalue weighted by Gasteiger charge is 2.35. The van der Waals surface area contributed by atoms with Crippen molar-refractivity contribution < 1.29 is 14.3 Å². The molecule has 3 amide bonds. The lowest BCUT2D eigenvalue weighted by Gasteiger charge is -2.33. The molecule has 2 aliphatic rings. The van der Waals surface area contributed by atoms with Crippen LogP contribution in [0.2, 0.25) is 0 Å². The number of ether oxygens (including phenoxy) is 1. The number of likely N-dealkylation sites (N-methyl/N-ethyl adjacent to an activating group) is 1. The number of urea groups is 1. The average molecular weight is 556 g/mol. The van der Waals surface area contributed by atoms with Crippen LogP contribution in [0.5, 0.6) is 0 Å². The molecule has 2 unspecified atom stereocenters. The number of carbonyl (C=O) groups is 2. The molecule has 2 aromatic heterocycles. The van der Waals surface area contributed by atoms with Gasteiger partial charge in [-0.05, 0) is 75.5 Å². The fourth-order valence-corrected chi connectivity index (χ4v) is 5.29. The molecule has 0 spiro atoms. The van der Waals surface area contributed by atoms with Crippen LogP contribution in [0.25, 0.3) is 22.4 Å². The van der Waals surface area contributed by atoms with E-state index in [4.69, 9.17) is 14.7 Å². The normalized spacial score (nSPS) is 18.1. The second-order valence-electron chi connectivity index (χ2n) is 10.8. The highest BCUT2D eigenvalue weighted by atomic mass is 16.5. The second-order valence-corrected chi connectivity index (χ2v) is 10.8. The van der Waals surface area contributed by atoms with Gasteiger partial charge < -0.3 is 30.5 Å². The Balaban J connectivity index is 1.13. The number of amides is 3. The van der Waals surface area contributed by atoms with Gasteiger partial charge in [0.25, 0.3) is 0 Å². The van der Waals surface area contributed by atoms with Crippen LogP contribution in [-0.2, 0) is 16.6 Å². The van der Waals surface area contributed by atoms with E-state index in [1.54, 1.807) is 33.8 Å². The molecule has 0 saturated carbocycles. The third kappa shape index (κ3) is 5.98. The molecule has 3 N–H and O–H groups in total. The van der Waals surface area contributed by atoms with E-state index < -0.39 is 0 Å². The Hall–Kier alpha value is -4.55. The number of morpholine rings is 1. The molecular formula is C29H33N9O3. The van der Waals surface area contributed by atoms with E-state index in [0.29, 0.717) is 29.4 Å². The van der Waals surface area contributed by atoms with Crippen molar-refractivity contribution in [1.29, 1.82) is 0 Å². The van der Waals surface area contributed by atoms with Gasteiger partial charge in [-0.1, -0.05) is 0 Å². The standard InChI is InChI=1S/C29H33N9O3/c1-36(2)17-25(39)31-19-8-10-21(11-9-19)33-29(40)32-20-6-4-18(5-7-20)26-34-27-24(14-30-37(27)3)28(35-26)38-15-22-12-13-23(16-38)41-22/h4-11,14,22-23H,12-13,15-17H2,1-3H3,(H,31,39)(H2,32,33,40). The van der Waals surface area contributed by atoms with Crippen molar-refractivity contribution in [3.8, 4) is 11.4 Å². The summed E-state index contributed by atoms with van der Waals surface area (Å²) in [6, 6.07) is 14.0. The van der Waals surface area contributed by atoms with E-state index in [0.717, 1.165) is 48.3 Å². The monoisotopic (exact) mass is 555 g/mol. The molecule has 12 heteroatoms. The molecule has 212 valence electrons. The largest absolute Gasteiger partial charge is 0.371 e. The number of rotatable bonds is 7. The fourth-order valence-electron chi connectivity index (χ4n) is 5.29. The van der Waals surface area contributed by atoms with Crippen LogP contribution >= 0.6 is 0 Å². The lowest BCUT2D eigenvalue weighted by Crippen LogP contribution is -2.43. The third-order valence-corrected chi connectivity index (χ3v) is 7.20. The maximum atomic E-state index is 12.6. The van der Waals surface area contributed by atoms with Crippen LogP contribution in [0.1, 0.15) is 12.8 Å². The lowest BCUT2D eigenvalue weighted by molar-refractivity contribution is -0.116. The van der Waals surface area contributed by atoms with Gasteiger partial charge in [0, 0.05) is 42.8 Å². The smallest absolute Gasteiger partial charge is 0.323 e. The van der Waals surface area contributed by atoms with E-state index in [1.165, 1.54) is 0 Å². The quantitative estimate of drug-likeness (QED) is 0.316. The molecule has 2 aliphatic heterocycles. The van der Waals surface area contributed by atoms with E-state index >= 15 is 0 Å². The summed E-state index contributed by atoms with van der Waals surface area (Å²) in [5.41, 5.74) is 3.50. The number of fused-ring (bicyclic) bond motifs is 3. The number of benzene rings is 2. The SMILES string of the molecule is CN(C)CC(=O)Nc1ccc(NC(=O)Nc2ccc(-c3nc(N4CC5CCC(C4)O5)c4cnn(C)c4n3)cc2)cc1. The molecular weight excluding hydrogens is 522 g/mol. The van der Waals surface area contributed by atoms with Crippen LogP contribution in [-0.4, -0.2) is 82.5 Å². The zero-order chi connectivity index (χ0) is 28.5. The first kappa shape index (κ1) is 26.7. The van der Waals surface area contributed by atoms with Crippen LogP contribution < -0.4 is 20.9 Å². The van der Waals surface area contributed by atoms with E-state index in [-0.39, 0.29) is 24.1 Å². The minimum absolute atomic E-state index is 0.105. The van der Waals surface area contributed by atoms with E-state index in [9.17, 15) is 9.59 Å². The Morgan fingerprint density at radius 2 is 1.49 bits per heavy atom. The average Bonchev–Trinajstić information content (AvgIpc) is 3.49. The summed E-state index contributed by atoms with van der Waals surface area (Å²) in [5.74, 6) is 1.37. The molecule has 12 nitrogen and oxygen atoms in total. The van der Waals surface area contributed by atoms with Gasteiger partial charge in [0.1, 0.15) is 5.82 Å². The van der Waals surface area contributed by atoms with Crippen molar-refractivity contribution in [1.82, 2.24) is 24.6 Å². The zero-order valence-electron chi connectivity index (χ0n) is 23.3. The first-order valence-corrected chi connectivity index (χ1v) is 13.6. The van der Waals surface area contributed by atoms with Gasteiger partial charge in [-0.3, -0.25) is 9.48 Å². The Kier molecular flexibility index (Phi) is 7.25. The fraction of sp³-hybridized carbons (Fsp3) is 0.345. The molecule has 41 heavy (non-hydrogen) atoms. The number of aromatic nitrogens is 4. The van der Waals surface area contributed by atoms with Crippen molar-refractivity contribution in [2.75, 3.05) is 54.6 Å². The molecule has 0 radical (unpaired) electrons. The van der Waals surface area contributed by atoms with Crippen molar-refractivity contribution in [2.45, 2.75) is 25.0 Å². The molecule has 0 aliphatic carbocycles. The Morgan fingerprint density at radius 1 is 0.902 bits per heavy atom. The second kappa shape index (κ2) is 11.1. The van der Waals surface area contributed by atoms with Crippen LogP contribution in [0.4, 0.5) is 27.7 Å². The molecule has 2 aromatic carbocycles. The minimum atomic E-state index is -0.376. The predicted molar refractivity (Wildman–Crippen MR) is 158 cm³/mol. The Bertz CT molecular complexity index is 1560.